The number of rotatable bonds is 5. The number of likely N-dealkylation sites (tertiary alicyclic amines) is 1. The van der Waals surface area contributed by atoms with Gasteiger partial charge in [-0.3, -0.25) is 4.90 Å². The second kappa shape index (κ2) is 6.81. The van der Waals surface area contributed by atoms with Crippen LogP contribution in [0.2, 0.25) is 0 Å². The van der Waals surface area contributed by atoms with Crippen molar-refractivity contribution in [3.63, 3.8) is 0 Å². The molecule has 0 unspecified atom stereocenters. The predicted octanol–water partition coefficient (Wildman–Crippen LogP) is 2.32. The van der Waals surface area contributed by atoms with Gasteiger partial charge in [-0.2, -0.15) is 0 Å². The summed E-state index contributed by atoms with van der Waals surface area (Å²) in [5.74, 6) is 0. The Morgan fingerprint density at radius 2 is 1.93 bits per heavy atom. The Morgan fingerprint density at radius 1 is 1.27 bits per heavy atom. The molecule has 1 fully saturated rings. The molecule has 0 spiro atoms. The molecule has 1 aliphatic rings. The van der Waals surface area contributed by atoms with E-state index < -0.39 is 0 Å². The summed E-state index contributed by atoms with van der Waals surface area (Å²) in [5, 5.41) is 0. The monoisotopic (exact) mass is 208 g/mol. The number of nitrogens with zero attached hydrogens (tertiary/aromatic N) is 1. The highest BCUT2D eigenvalue weighted by Crippen LogP contribution is 2.12. The van der Waals surface area contributed by atoms with Crippen LogP contribution < -0.4 is 5.73 Å². The number of hydrogen-bond donors (Lipinski definition) is 1. The average Bonchev–Trinajstić information content (AvgIpc) is 2.76. The van der Waals surface area contributed by atoms with Crippen molar-refractivity contribution in [2.24, 2.45) is 5.73 Å². The van der Waals surface area contributed by atoms with Crippen LogP contribution in [0.15, 0.2) is 23.3 Å². The Morgan fingerprint density at radius 3 is 2.47 bits per heavy atom. The van der Waals surface area contributed by atoms with Gasteiger partial charge in [0.2, 0.25) is 0 Å². The topological polar surface area (TPSA) is 29.3 Å². The van der Waals surface area contributed by atoms with Crippen molar-refractivity contribution in [1.29, 1.82) is 0 Å². The molecule has 1 saturated heterocycles. The van der Waals surface area contributed by atoms with Crippen LogP contribution in [0, 0.1) is 0 Å². The van der Waals surface area contributed by atoms with Crippen molar-refractivity contribution in [3.05, 3.63) is 23.3 Å². The van der Waals surface area contributed by atoms with E-state index in [9.17, 15) is 0 Å². The minimum atomic E-state index is 0.664. The molecule has 2 heteroatoms. The van der Waals surface area contributed by atoms with Gasteiger partial charge in [0.05, 0.1) is 0 Å². The molecule has 0 amide bonds. The van der Waals surface area contributed by atoms with Gasteiger partial charge in [-0.15, -0.1) is 0 Å². The zero-order valence-electron chi connectivity index (χ0n) is 10.1. The molecule has 0 aliphatic carbocycles. The van der Waals surface area contributed by atoms with Crippen LogP contribution in [-0.4, -0.2) is 31.1 Å². The first kappa shape index (κ1) is 12.5. The number of hydrogen-bond acceptors (Lipinski definition) is 2. The number of nitrogens with two attached hydrogens (primary N) is 1. The summed E-state index contributed by atoms with van der Waals surface area (Å²) in [7, 11) is 0. The Hall–Kier alpha value is -0.600. The van der Waals surface area contributed by atoms with E-state index in [0.29, 0.717) is 6.54 Å². The minimum Gasteiger partial charge on any atom is -0.327 e. The van der Waals surface area contributed by atoms with E-state index in [1.54, 1.807) is 0 Å². The van der Waals surface area contributed by atoms with E-state index in [1.807, 2.05) is 0 Å². The highest BCUT2D eigenvalue weighted by Gasteiger charge is 2.11. The molecule has 2 nitrogen and oxygen atoms in total. The van der Waals surface area contributed by atoms with Gasteiger partial charge in [-0.1, -0.05) is 30.2 Å². The number of allylic oxidation sites excluding steroid dienone is 2. The third-order valence-corrected chi connectivity index (χ3v) is 3.01. The first-order valence-electron chi connectivity index (χ1n) is 6.04. The molecule has 0 saturated carbocycles. The minimum absolute atomic E-state index is 0.664. The smallest absolute Gasteiger partial charge is 0.0195 e. The Labute approximate surface area is 93.8 Å². The molecule has 0 aromatic carbocycles. The summed E-state index contributed by atoms with van der Waals surface area (Å²) in [6.07, 6.45) is 8.30. The standard InChI is InChI=1S/C13H24N2/c1-3-13(7-6-12(2)10-14)11-15-8-4-5-9-15/h6-7H,3-5,8-11,14H2,1-2H3/b12-6+,13-7+. The van der Waals surface area contributed by atoms with E-state index in [2.05, 4.69) is 30.9 Å². The van der Waals surface area contributed by atoms with Gasteiger partial charge < -0.3 is 5.73 Å². The quantitative estimate of drug-likeness (QED) is 0.703. The molecule has 1 heterocycles. The molecule has 1 aliphatic heterocycles. The zero-order valence-corrected chi connectivity index (χ0v) is 10.1. The molecular weight excluding hydrogens is 184 g/mol. The van der Waals surface area contributed by atoms with Crippen molar-refractivity contribution >= 4 is 0 Å². The molecule has 2 N–H and O–H groups in total. The fourth-order valence-corrected chi connectivity index (χ4v) is 1.84. The third kappa shape index (κ3) is 4.63. The van der Waals surface area contributed by atoms with Crippen molar-refractivity contribution in [1.82, 2.24) is 4.90 Å². The van der Waals surface area contributed by atoms with Gasteiger partial charge in [0.1, 0.15) is 0 Å². The van der Waals surface area contributed by atoms with Crippen LogP contribution in [0.5, 0.6) is 0 Å². The molecule has 0 aromatic heterocycles. The Balaban J connectivity index is 2.46. The summed E-state index contributed by atoms with van der Waals surface area (Å²) in [6.45, 7) is 8.67. The summed E-state index contributed by atoms with van der Waals surface area (Å²) < 4.78 is 0. The maximum atomic E-state index is 5.56. The van der Waals surface area contributed by atoms with E-state index >= 15 is 0 Å². The molecule has 0 atom stereocenters. The Kier molecular flexibility index (Phi) is 5.66. The summed E-state index contributed by atoms with van der Waals surface area (Å²) in [4.78, 5) is 2.54. The summed E-state index contributed by atoms with van der Waals surface area (Å²) in [5.41, 5.74) is 8.33. The van der Waals surface area contributed by atoms with Crippen LogP contribution in [0.3, 0.4) is 0 Å². The van der Waals surface area contributed by atoms with Crippen LogP contribution in [0.25, 0.3) is 0 Å². The van der Waals surface area contributed by atoms with Crippen LogP contribution >= 0.6 is 0 Å². The van der Waals surface area contributed by atoms with Crippen LogP contribution in [-0.2, 0) is 0 Å². The third-order valence-electron chi connectivity index (χ3n) is 3.01. The van der Waals surface area contributed by atoms with Crippen LogP contribution in [0.1, 0.15) is 33.1 Å². The van der Waals surface area contributed by atoms with Crippen molar-refractivity contribution in [2.75, 3.05) is 26.2 Å². The van der Waals surface area contributed by atoms with E-state index in [-0.39, 0.29) is 0 Å². The van der Waals surface area contributed by atoms with Gasteiger partial charge in [-0.25, -0.2) is 0 Å². The maximum absolute atomic E-state index is 5.56. The fourth-order valence-electron chi connectivity index (χ4n) is 1.84. The molecule has 1 rings (SSSR count). The maximum Gasteiger partial charge on any atom is 0.0195 e. The molecule has 15 heavy (non-hydrogen) atoms. The van der Waals surface area contributed by atoms with Crippen molar-refractivity contribution in [2.45, 2.75) is 33.1 Å². The molecule has 86 valence electrons. The van der Waals surface area contributed by atoms with Gasteiger partial charge >= 0.3 is 0 Å². The van der Waals surface area contributed by atoms with Crippen molar-refractivity contribution in [3.8, 4) is 0 Å². The normalized spacial score (nSPS) is 19.9. The molecule has 0 radical (unpaired) electrons. The lowest BCUT2D eigenvalue weighted by Gasteiger charge is -2.15. The van der Waals surface area contributed by atoms with Crippen LogP contribution in [0.4, 0.5) is 0 Å². The lowest BCUT2D eigenvalue weighted by Crippen LogP contribution is -2.21. The zero-order chi connectivity index (χ0) is 11.1. The molecule has 0 bridgehead atoms. The summed E-state index contributed by atoms with van der Waals surface area (Å²) >= 11 is 0. The highest BCUT2D eigenvalue weighted by molar-refractivity contribution is 5.18. The SMILES string of the molecule is CC/C(=C\C=C(/C)CN)CN1CCCC1. The first-order valence-corrected chi connectivity index (χ1v) is 6.04. The van der Waals surface area contributed by atoms with Crippen molar-refractivity contribution < 1.29 is 0 Å². The van der Waals surface area contributed by atoms with E-state index in [4.69, 9.17) is 5.73 Å². The lowest BCUT2D eigenvalue weighted by atomic mass is 10.1. The predicted molar refractivity (Wildman–Crippen MR) is 66.9 cm³/mol. The van der Waals surface area contributed by atoms with E-state index in [1.165, 1.54) is 37.1 Å². The second-order valence-electron chi connectivity index (χ2n) is 4.38. The second-order valence-corrected chi connectivity index (χ2v) is 4.38. The van der Waals surface area contributed by atoms with E-state index in [0.717, 1.165) is 13.0 Å². The average molecular weight is 208 g/mol. The van der Waals surface area contributed by atoms with Gasteiger partial charge in [0, 0.05) is 13.1 Å². The Bertz CT molecular complexity index is 235. The first-order chi connectivity index (χ1) is 7.26. The van der Waals surface area contributed by atoms with Gasteiger partial charge in [0.15, 0.2) is 0 Å². The molecule has 0 aromatic rings. The highest BCUT2D eigenvalue weighted by atomic mass is 15.1. The molecular formula is C13H24N2. The summed E-state index contributed by atoms with van der Waals surface area (Å²) in [6, 6.07) is 0. The fraction of sp³-hybridized carbons (Fsp3) is 0.692. The van der Waals surface area contributed by atoms with Gasteiger partial charge in [0.25, 0.3) is 0 Å². The lowest BCUT2D eigenvalue weighted by molar-refractivity contribution is 0.365. The largest absolute Gasteiger partial charge is 0.327 e. The van der Waals surface area contributed by atoms with Gasteiger partial charge in [-0.05, 0) is 39.3 Å².